The second-order valence-corrected chi connectivity index (χ2v) is 4.43. The molecule has 0 amide bonds. The summed E-state index contributed by atoms with van der Waals surface area (Å²) >= 11 is 0. The summed E-state index contributed by atoms with van der Waals surface area (Å²) in [7, 11) is 1.62. The predicted octanol–water partition coefficient (Wildman–Crippen LogP) is 2.98. The van der Waals surface area contributed by atoms with Gasteiger partial charge in [0.2, 0.25) is 5.89 Å². The van der Waals surface area contributed by atoms with Crippen molar-refractivity contribution in [1.29, 1.82) is 0 Å². The van der Waals surface area contributed by atoms with Crippen LogP contribution >= 0.6 is 0 Å². The van der Waals surface area contributed by atoms with Gasteiger partial charge in [-0.15, -0.1) is 0 Å². The third kappa shape index (κ3) is 2.78. The molecule has 0 fully saturated rings. The minimum Gasteiger partial charge on any atom is -0.438 e. The zero-order chi connectivity index (χ0) is 13.8. The van der Waals surface area contributed by atoms with Gasteiger partial charge in [-0.25, -0.2) is 4.98 Å². The van der Waals surface area contributed by atoms with Crippen LogP contribution in [0.15, 0.2) is 47.1 Å². The molecule has 3 rings (SSSR count). The summed E-state index contributed by atoms with van der Waals surface area (Å²) in [4.78, 5) is 8.38. The van der Waals surface area contributed by atoms with Gasteiger partial charge in [0.15, 0.2) is 5.58 Å². The van der Waals surface area contributed by atoms with Crippen molar-refractivity contribution in [2.24, 2.45) is 0 Å². The lowest BCUT2D eigenvalue weighted by Crippen LogP contribution is -1.98. The van der Waals surface area contributed by atoms with Crippen molar-refractivity contribution in [2.45, 2.75) is 13.2 Å². The lowest BCUT2D eigenvalue weighted by molar-refractivity contribution is 0.161. The van der Waals surface area contributed by atoms with Gasteiger partial charge in [0, 0.05) is 31.7 Å². The first-order valence-electron chi connectivity index (χ1n) is 6.36. The van der Waals surface area contributed by atoms with Crippen LogP contribution in [0.5, 0.6) is 0 Å². The summed E-state index contributed by atoms with van der Waals surface area (Å²) in [5.41, 5.74) is 3.79. The van der Waals surface area contributed by atoms with E-state index in [0.717, 1.165) is 23.3 Å². The number of fused-ring (bicyclic) bond motifs is 1. The van der Waals surface area contributed by atoms with Crippen LogP contribution in [0.1, 0.15) is 11.5 Å². The fourth-order valence-corrected chi connectivity index (χ4v) is 1.98. The highest BCUT2D eigenvalue weighted by Crippen LogP contribution is 2.20. The number of methoxy groups -OCH3 is 1. The van der Waals surface area contributed by atoms with Crippen molar-refractivity contribution in [2.75, 3.05) is 12.4 Å². The molecule has 0 aliphatic heterocycles. The third-order valence-corrected chi connectivity index (χ3v) is 2.95. The number of rotatable bonds is 5. The van der Waals surface area contributed by atoms with Crippen LogP contribution < -0.4 is 5.32 Å². The Morgan fingerprint density at radius 1 is 1.20 bits per heavy atom. The Kier molecular flexibility index (Phi) is 3.60. The molecule has 20 heavy (non-hydrogen) atoms. The lowest BCUT2D eigenvalue weighted by Gasteiger charge is -2.05. The van der Waals surface area contributed by atoms with Crippen LogP contribution in [-0.2, 0) is 17.9 Å². The van der Waals surface area contributed by atoms with Crippen LogP contribution in [0, 0.1) is 0 Å². The van der Waals surface area contributed by atoms with E-state index in [0.29, 0.717) is 12.5 Å². The van der Waals surface area contributed by atoms with Crippen LogP contribution in [0.2, 0.25) is 0 Å². The minimum absolute atomic E-state index is 0.383. The van der Waals surface area contributed by atoms with E-state index in [4.69, 9.17) is 9.15 Å². The topological polar surface area (TPSA) is 60.2 Å². The highest BCUT2D eigenvalue weighted by atomic mass is 16.5. The Balaban J connectivity index is 1.75. The first-order valence-corrected chi connectivity index (χ1v) is 6.36. The molecule has 3 aromatic rings. The summed E-state index contributed by atoms with van der Waals surface area (Å²) < 4.78 is 10.6. The van der Waals surface area contributed by atoms with E-state index < -0.39 is 0 Å². The van der Waals surface area contributed by atoms with Crippen molar-refractivity contribution in [1.82, 2.24) is 9.97 Å². The maximum atomic E-state index is 5.55. The molecule has 1 aromatic carbocycles. The molecule has 0 bridgehead atoms. The molecule has 0 spiro atoms. The monoisotopic (exact) mass is 269 g/mol. The second kappa shape index (κ2) is 5.71. The van der Waals surface area contributed by atoms with Crippen molar-refractivity contribution in [3.8, 4) is 0 Å². The SMILES string of the molecule is COCc1nc2cc(NCc3ccncc3)ccc2o1. The summed E-state index contributed by atoms with van der Waals surface area (Å²) in [6.07, 6.45) is 3.57. The molecular formula is C15H15N3O2. The Morgan fingerprint density at radius 2 is 2.05 bits per heavy atom. The maximum Gasteiger partial charge on any atom is 0.221 e. The highest BCUT2D eigenvalue weighted by Gasteiger charge is 2.06. The molecule has 5 nitrogen and oxygen atoms in total. The predicted molar refractivity (Wildman–Crippen MR) is 76.3 cm³/mol. The van der Waals surface area contributed by atoms with E-state index >= 15 is 0 Å². The van der Waals surface area contributed by atoms with E-state index in [2.05, 4.69) is 15.3 Å². The zero-order valence-corrected chi connectivity index (χ0v) is 11.2. The Bertz CT molecular complexity index is 695. The van der Waals surface area contributed by atoms with Crippen LogP contribution in [0.3, 0.4) is 0 Å². The number of ether oxygens (including phenoxy) is 1. The number of benzene rings is 1. The maximum absolute atomic E-state index is 5.55. The molecule has 0 unspecified atom stereocenters. The first kappa shape index (κ1) is 12.6. The highest BCUT2D eigenvalue weighted by molar-refractivity contribution is 5.77. The van der Waals surface area contributed by atoms with E-state index in [1.165, 1.54) is 5.56 Å². The van der Waals surface area contributed by atoms with Crippen LogP contribution in [0.25, 0.3) is 11.1 Å². The number of aromatic nitrogens is 2. The van der Waals surface area contributed by atoms with Gasteiger partial charge in [-0.1, -0.05) is 0 Å². The first-order chi connectivity index (χ1) is 9.85. The normalized spacial score (nSPS) is 10.8. The fraction of sp³-hybridized carbons (Fsp3) is 0.200. The number of oxazole rings is 1. The molecule has 1 N–H and O–H groups in total. The molecule has 5 heteroatoms. The number of nitrogens with one attached hydrogen (secondary N) is 1. The molecular weight excluding hydrogens is 254 g/mol. The number of hydrogen-bond donors (Lipinski definition) is 1. The summed E-state index contributed by atoms with van der Waals surface area (Å²) in [5.74, 6) is 0.591. The number of nitrogens with zero attached hydrogens (tertiary/aromatic N) is 2. The van der Waals surface area contributed by atoms with Crippen molar-refractivity contribution < 1.29 is 9.15 Å². The molecule has 0 atom stereocenters. The van der Waals surface area contributed by atoms with Crippen LogP contribution in [-0.4, -0.2) is 17.1 Å². The summed E-state index contributed by atoms with van der Waals surface area (Å²) in [6, 6.07) is 9.83. The van der Waals surface area contributed by atoms with Gasteiger partial charge >= 0.3 is 0 Å². The molecule has 102 valence electrons. The van der Waals surface area contributed by atoms with Gasteiger partial charge in [-0.05, 0) is 35.9 Å². The Morgan fingerprint density at radius 3 is 2.85 bits per heavy atom. The van der Waals surface area contributed by atoms with Gasteiger partial charge in [-0.3, -0.25) is 4.98 Å². The van der Waals surface area contributed by atoms with Crippen LogP contribution in [0.4, 0.5) is 5.69 Å². The minimum atomic E-state index is 0.383. The molecule has 0 aliphatic rings. The zero-order valence-electron chi connectivity index (χ0n) is 11.2. The fourth-order valence-electron chi connectivity index (χ4n) is 1.98. The summed E-state index contributed by atoms with van der Waals surface area (Å²) in [5, 5.41) is 3.35. The van der Waals surface area contributed by atoms with Gasteiger partial charge < -0.3 is 14.5 Å². The molecule has 2 aromatic heterocycles. The largest absolute Gasteiger partial charge is 0.438 e. The average Bonchev–Trinajstić information content (AvgIpc) is 2.88. The smallest absolute Gasteiger partial charge is 0.221 e. The molecule has 0 aliphatic carbocycles. The summed E-state index contributed by atoms with van der Waals surface area (Å²) in [6.45, 7) is 1.13. The van der Waals surface area contributed by atoms with E-state index in [1.54, 1.807) is 19.5 Å². The van der Waals surface area contributed by atoms with Crippen molar-refractivity contribution in [3.63, 3.8) is 0 Å². The van der Waals surface area contributed by atoms with Gasteiger partial charge in [0.25, 0.3) is 0 Å². The number of anilines is 1. The molecule has 0 saturated heterocycles. The molecule has 0 saturated carbocycles. The number of pyridine rings is 1. The molecule has 0 radical (unpaired) electrons. The van der Waals surface area contributed by atoms with Crippen molar-refractivity contribution in [3.05, 3.63) is 54.2 Å². The molecule has 2 heterocycles. The average molecular weight is 269 g/mol. The van der Waals surface area contributed by atoms with E-state index in [1.807, 2.05) is 30.3 Å². The quantitative estimate of drug-likeness (QED) is 0.771. The lowest BCUT2D eigenvalue weighted by atomic mass is 10.2. The standard InChI is InChI=1S/C15H15N3O2/c1-19-10-15-18-13-8-12(2-3-14(13)20-15)17-9-11-4-6-16-7-5-11/h2-8,17H,9-10H2,1H3. The third-order valence-electron chi connectivity index (χ3n) is 2.95. The van der Waals surface area contributed by atoms with Gasteiger partial charge in [0.1, 0.15) is 12.1 Å². The Hall–Kier alpha value is -2.40. The van der Waals surface area contributed by atoms with Gasteiger partial charge in [-0.2, -0.15) is 0 Å². The Labute approximate surface area is 116 Å². The second-order valence-electron chi connectivity index (χ2n) is 4.43. The van der Waals surface area contributed by atoms with Gasteiger partial charge in [0.05, 0.1) is 0 Å². The number of hydrogen-bond acceptors (Lipinski definition) is 5. The van der Waals surface area contributed by atoms with E-state index in [-0.39, 0.29) is 0 Å². The van der Waals surface area contributed by atoms with E-state index in [9.17, 15) is 0 Å². The van der Waals surface area contributed by atoms with Crippen molar-refractivity contribution >= 4 is 16.8 Å².